The number of rotatable bonds is 8. The minimum absolute atomic E-state index is 0.113. The first kappa shape index (κ1) is 19.4. The van der Waals surface area contributed by atoms with Crippen LogP contribution in [0.25, 0.3) is 6.08 Å². The van der Waals surface area contributed by atoms with E-state index in [1.807, 2.05) is 30.3 Å². The zero-order valence-corrected chi connectivity index (χ0v) is 15.5. The normalized spacial score (nSPS) is 16.0. The lowest BCUT2D eigenvalue weighted by atomic mass is 10.1. The van der Waals surface area contributed by atoms with Crippen LogP contribution in [0.1, 0.15) is 29.3 Å². The molecular weight excluding hydrogens is 358 g/mol. The second-order valence-corrected chi connectivity index (χ2v) is 6.24. The Morgan fingerprint density at radius 2 is 1.82 bits per heavy atom. The number of carbonyl (C=O) groups is 3. The SMILES string of the molecule is CCOC(=O)CN1C(=O)CC1Oc1ccc(C(=O)/C=C/c2ccccc2)cc1. The number of β-lactam (4-membered cyclic amide) rings is 1. The molecule has 1 saturated heterocycles. The fourth-order valence-electron chi connectivity index (χ4n) is 2.75. The van der Waals surface area contributed by atoms with Gasteiger partial charge < -0.3 is 9.47 Å². The number of carbonyl (C=O) groups excluding carboxylic acids is 3. The molecule has 1 amide bonds. The van der Waals surface area contributed by atoms with Gasteiger partial charge in [-0.15, -0.1) is 0 Å². The van der Waals surface area contributed by atoms with E-state index in [1.165, 1.54) is 11.0 Å². The molecule has 2 aromatic carbocycles. The van der Waals surface area contributed by atoms with Crippen molar-refractivity contribution in [1.29, 1.82) is 0 Å². The predicted molar refractivity (Wildman–Crippen MR) is 104 cm³/mol. The molecule has 1 fully saturated rings. The van der Waals surface area contributed by atoms with Crippen molar-refractivity contribution < 1.29 is 23.9 Å². The van der Waals surface area contributed by atoms with E-state index in [2.05, 4.69) is 0 Å². The molecule has 1 heterocycles. The van der Waals surface area contributed by atoms with Gasteiger partial charge in [0.2, 0.25) is 5.91 Å². The molecule has 2 aromatic rings. The molecule has 0 aliphatic carbocycles. The zero-order valence-electron chi connectivity index (χ0n) is 15.5. The van der Waals surface area contributed by atoms with Gasteiger partial charge in [0.1, 0.15) is 12.3 Å². The largest absolute Gasteiger partial charge is 0.470 e. The van der Waals surface area contributed by atoms with E-state index in [4.69, 9.17) is 9.47 Å². The number of esters is 1. The number of benzene rings is 2. The molecule has 144 valence electrons. The first-order chi connectivity index (χ1) is 13.6. The minimum Gasteiger partial charge on any atom is -0.470 e. The van der Waals surface area contributed by atoms with Crippen LogP contribution in [0.5, 0.6) is 5.75 Å². The van der Waals surface area contributed by atoms with Crippen LogP contribution in [-0.2, 0) is 14.3 Å². The number of nitrogens with zero attached hydrogens (tertiary/aromatic N) is 1. The van der Waals surface area contributed by atoms with E-state index in [0.29, 0.717) is 11.3 Å². The Morgan fingerprint density at radius 1 is 1.11 bits per heavy atom. The third-order valence-electron chi connectivity index (χ3n) is 4.26. The van der Waals surface area contributed by atoms with Crippen LogP contribution in [-0.4, -0.2) is 41.9 Å². The highest BCUT2D eigenvalue weighted by Crippen LogP contribution is 2.24. The van der Waals surface area contributed by atoms with E-state index in [0.717, 1.165) is 5.56 Å². The maximum atomic E-state index is 12.3. The van der Waals surface area contributed by atoms with Gasteiger partial charge in [-0.3, -0.25) is 19.3 Å². The maximum absolute atomic E-state index is 12.3. The molecule has 0 spiro atoms. The Kier molecular flexibility index (Phi) is 6.22. The lowest BCUT2D eigenvalue weighted by Gasteiger charge is -2.39. The summed E-state index contributed by atoms with van der Waals surface area (Å²) in [5.74, 6) is -0.209. The summed E-state index contributed by atoms with van der Waals surface area (Å²) in [6.45, 7) is 1.85. The summed E-state index contributed by atoms with van der Waals surface area (Å²) in [5, 5.41) is 0. The number of allylic oxidation sites excluding steroid dienone is 1. The number of hydrogen-bond donors (Lipinski definition) is 0. The van der Waals surface area contributed by atoms with Crippen molar-refractivity contribution in [1.82, 2.24) is 4.90 Å². The van der Waals surface area contributed by atoms with Gasteiger partial charge in [0, 0.05) is 5.56 Å². The summed E-state index contributed by atoms with van der Waals surface area (Å²) in [5.41, 5.74) is 1.49. The van der Waals surface area contributed by atoms with Gasteiger partial charge in [-0.2, -0.15) is 0 Å². The molecule has 1 unspecified atom stereocenters. The van der Waals surface area contributed by atoms with Gasteiger partial charge in [0.15, 0.2) is 12.0 Å². The third kappa shape index (κ3) is 4.85. The fourth-order valence-corrected chi connectivity index (χ4v) is 2.75. The van der Waals surface area contributed by atoms with Crippen LogP contribution >= 0.6 is 0 Å². The van der Waals surface area contributed by atoms with Crippen LogP contribution in [0.3, 0.4) is 0 Å². The minimum atomic E-state index is -0.503. The summed E-state index contributed by atoms with van der Waals surface area (Å²) >= 11 is 0. The number of ketones is 1. The number of ether oxygens (including phenoxy) is 2. The molecule has 0 radical (unpaired) electrons. The van der Waals surface area contributed by atoms with Crippen molar-refractivity contribution in [3.05, 3.63) is 71.8 Å². The molecular formula is C22H21NO5. The smallest absolute Gasteiger partial charge is 0.325 e. The first-order valence-electron chi connectivity index (χ1n) is 9.06. The summed E-state index contributed by atoms with van der Waals surface area (Å²) in [4.78, 5) is 36.8. The summed E-state index contributed by atoms with van der Waals surface area (Å²) in [7, 11) is 0. The van der Waals surface area contributed by atoms with Crippen LogP contribution in [0.2, 0.25) is 0 Å². The molecule has 28 heavy (non-hydrogen) atoms. The zero-order chi connectivity index (χ0) is 19.9. The van der Waals surface area contributed by atoms with E-state index in [9.17, 15) is 14.4 Å². The van der Waals surface area contributed by atoms with Gasteiger partial charge >= 0.3 is 5.97 Å². The molecule has 0 bridgehead atoms. The van der Waals surface area contributed by atoms with Crippen molar-refractivity contribution in [3.8, 4) is 5.75 Å². The van der Waals surface area contributed by atoms with E-state index in [1.54, 1.807) is 37.3 Å². The molecule has 0 aromatic heterocycles. The maximum Gasteiger partial charge on any atom is 0.325 e. The number of amides is 1. The highest BCUT2D eigenvalue weighted by molar-refractivity contribution is 6.06. The van der Waals surface area contributed by atoms with Gasteiger partial charge in [0.05, 0.1) is 13.0 Å². The molecule has 6 heteroatoms. The molecule has 6 nitrogen and oxygen atoms in total. The Labute approximate surface area is 163 Å². The average Bonchev–Trinajstić information content (AvgIpc) is 2.71. The van der Waals surface area contributed by atoms with Gasteiger partial charge in [-0.05, 0) is 42.8 Å². The van der Waals surface area contributed by atoms with Gasteiger partial charge in [0.25, 0.3) is 0 Å². The number of likely N-dealkylation sites (tertiary alicyclic amines) is 1. The summed E-state index contributed by atoms with van der Waals surface area (Å²) < 4.78 is 10.6. The Bertz CT molecular complexity index is 874. The summed E-state index contributed by atoms with van der Waals surface area (Å²) in [6, 6.07) is 16.3. The van der Waals surface area contributed by atoms with Crippen LogP contribution < -0.4 is 4.74 Å². The lowest BCUT2D eigenvalue weighted by Crippen LogP contribution is -2.57. The molecule has 0 saturated carbocycles. The topological polar surface area (TPSA) is 72.9 Å². The summed E-state index contributed by atoms with van der Waals surface area (Å²) in [6.07, 6.45) is 2.99. The average molecular weight is 379 g/mol. The Balaban J connectivity index is 1.57. The van der Waals surface area contributed by atoms with Crippen LogP contribution in [0.4, 0.5) is 0 Å². The van der Waals surface area contributed by atoms with Crippen molar-refractivity contribution >= 4 is 23.7 Å². The molecule has 1 atom stereocenters. The Hall–Kier alpha value is -3.41. The van der Waals surface area contributed by atoms with Crippen molar-refractivity contribution in [2.24, 2.45) is 0 Å². The molecule has 0 N–H and O–H groups in total. The molecule has 1 aliphatic rings. The highest BCUT2D eigenvalue weighted by Gasteiger charge is 2.39. The van der Waals surface area contributed by atoms with Crippen molar-refractivity contribution in [2.75, 3.05) is 13.2 Å². The van der Waals surface area contributed by atoms with E-state index < -0.39 is 12.2 Å². The quantitative estimate of drug-likeness (QED) is 0.305. The van der Waals surface area contributed by atoms with Crippen LogP contribution in [0.15, 0.2) is 60.7 Å². The van der Waals surface area contributed by atoms with E-state index in [-0.39, 0.29) is 31.3 Å². The van der Waals surface area contributed by atoms with Crippen molar-refractivity contribution in [2.45, 2.75) is 19.6 Å². The molecule has 1 aliphatic heterocycles. The second kappa shape index (κ2) is 8.99. The number of hydrogen-bond acceptors (Lipinski definition) is 5. The van der Waals surface area contributed by atoms with Gasteiger partial charge in [-0.1, -0.05) is 36.4 Å². The third-order valence-corrected chi connectivity index (χ3v) is 4.26. The molecule has 3 rings (SSSR count). The van der Waals surface area contributed by atoms with E-state index >= 15 is 0 Å². The van der Waals surface area contributed by atoms with Crippen LogP contribution in [0, 0.1) is 0 Å². The first-order valence-corrected chi connectivity index (χ1v) is 9.06. The second-order valence-electron chi connectivity index (χ2n) is 6.24. The Morgan fingerprint density at radius 3 is 2.46 bits per heavy atom. The fraction of sp³-hybridized carbons (Fsp3) is 0.227. The van der Waals surface area contributed by atoms with Gasteiger partial charge in [-0.25, -0.2) is 0 Å². The monoisotopic (exact) mass is 379 g/mol. The lowest BCUT2D eigenvalue weighted by molar-refractivity contribution is -0.169. The predicted octanol–water partition coefficient (Wildman–Crippen LogP) is 3.08. The standard InChI is InChI=1S/C22H21NO5/c1-2-27-22(26)15-23-20(25)14-21(23)28-18-11-9-17(10-12-18)19(24)13-8-16-6-4-3-5-7-16/h3-13,21H,2,14-15H2,1H3/b13-8+. The van der Waals surface area contributed by atoms with Crippen molar-refractivity contribution in [3.63, 3.8) is 0 Å². The highest BCUT2D eigenvalue weighted by atomic mass is 16.5.